The molecule has 0 saturated carbocycles. The highest BCUT2D eigenvalue weighted by atomic mass is 32.1. The Morgan fingerprint density at radius 3 is 2.80 bits per heavy atom. The number of ether oxygens (including phenoxy) is 1. The van der Waals surface area contributed by atoms with E-state index in [1.54, 1.807) is 0 Å². The molecule has 1 aromatic heterocycles. The van der Waals surface area contributed by atoms with E-state index < -0.39 is 0 Å². The van der Waals surface area contributed by atoms with E-state index in [0.29, 0.717) is 0 Å². The highest BCUT2D eigenvalue weighted by Gasteiger charge is 2.11. The van der Waals surface area contributed by atoms with Gasteiger partial charge in [-0.25, -0.2) is 0 Å². The maximum absolute atomic E-state index is 5.33. The monoisotopic (exact) mass is 226 g/mol. The summed E-state index contributed by atoms with van der Waals surface area (Å²) >= 11 is 1.91. The van der Waals surface area contributed by atoms with Crippen LogP contribution >= 0.6 is 11.3 Å². The van der Waals surface area contributed by atoms with E-state index in [1.807, 2.05) is 18.4 Å². The third-order valence-corrected chi connectivity index (χ3v) is 3.62. The van der Waals surface area contributed by atoms with Gasteiger partial charge >= 0.3 is 0 Å². The van der Waals surface area contributed by atoms with Gasteiger partial charge in [-0.2, -0.15) is 0 Å². The van der Waals surface area contributed by atoms with E-state index in [1.165, 1.54) is 9.75 Å². The van der Waals surface area contributed by atoms with Crippen molar-refractivity contribution in [3.05, 3.63) is 21.9 Å². The van der Waals surface area contributed by atoms with E-state index in [9.17, 15) is 0 Å². The molecule has 0 bridgehead atoms. The van der Waals surface area contributed by atoms with Crippen molar-refractivity contribution in [2.24, 2.45) is 0 Å². The molecule has 15 heavy (non-hydrogen) atoms. The lowest BCUT2D eigenvalue weighted by Gasteiger charge is -2.25. The Morgan fingerprint density at radius 2 is 2.07 bits per heavy atom. The molecule has 2 rings (SSSR count). The standard InChI is InChI=1S/C11H18N2OS/c1-12-8-10-2-3-11(15-10)9-13-4-6-14-7-5-13/h2-3,12H,4-9H2,1H3. The van der Waals surface area contributed by atoms with E-state index in [2.05, 4.69) is 22.3 Å². The summed E-state index contributed by atoms with van der Waals surface area (Å²) in [4.78, 5) is 5.33. The maximum Gasteiger partial charge on any atom is 0.0594 e. The van der Waals surface area contributed by atoms with Gasteiger partial charge in [-0.1, -0.05) is 0 Å². The zero-order valence-electron chi connectivity index (χ0n) is 9.16. The molecule has 0 spiro atoms. The first-order valence-corrected chi connectivity index (χ1v) is 6.22. The van der Waals surface area contributed by atoms with Gasteiger partial charge in [0, 0.05) is 35.9 Å². The first-order valence-electron chi connectivity index (χ1n) is 5.41. The second kappa shape index (κ2) is 5.61. The number of thiophene rings is 1. The third kappa shape index (κ3) is 3.28. The van der Waals surface area contributed by atoms with Crippen LogP contribution in [0.25, 0.3) is 0 Å². The molecule has 1 fully saturated rings. The van der Waals surface area contributed by atoms with Crippen LogP contribution in [0.4, 0.5) is 0 Å². The Labute approximate surface area is 95.0 Å². The zero-order chi connectivity index (χ0) is 10.5. The molecule has 1 N–H and O–H groups in total. The van der Waals surface area contributed by atoms with Crippen LogP contribution in [-0.4, -0.2) is 38.3 Å². The summed E-state index contributed by atoms with van der Waals surface area (Å²) in [6.07, 6.45) is 0. The van der Waals surface area contributed by atoms with Gasteiger partial charge in [0.25, 0.3) is 0 Å². The van der Waals surface area contributed by atoms with Crippen molar-refractivity contribution >= 4 is 11.3 Å². The Hall–Kier alpha value is -0.420. The normalized spacial score (nSPS) is 18.2. The number of rotatable bonds is 4. The van der Waals surface area contributed by atoms with E-state index in [-0.39, 0.29) is 0 Å². The van der Waals surface area contributed by atoms with Gasteiger partial charge in [0.15, 0.2) is 0 Å². The Balaban J connectivity index is 1.86. The SMILES string of the molecule is CNCc1ccc(CN2CCOCC2)s1. The highest BCUT2D eigenvalue weighted by Crippen LogP contribution is 2.18. The lowest BCUT2D eigenvalue weighted by molar-refractivity contribution is 0.0346. The van der Waals surface area contributed by atoms with Gasteiger partial charge in [-0.05, 0) is 19.2 Å². The first kappa shape index (κ1) is 11.1. The molecular weight excluding hydrogens is 208 g/mol. The van der Waals surface area contributed by atoms with Crippen molar-refractivity contribution in [3.63, 3.8) is 0 Å². The van der Waals surface area contributed by atoms with Gasteiger partial charge in [0.05, 0.1) is 13.2 Å². The van der Waals surface area contributed by atoms with Crippen LogP contribution in [0.3, 0.4) is 0 Å². The fourth-order valence-corrected chi connectivity index (χ4v) is 2.83. The summed E-state index contributed by atoms with van der Waals surface area (Å²) in [5.74, 6) is 0. The van der Waals surface area contributed by atoms with E-state index in [4.69, 9.17) is 4.74 Å². The van der Waals surface area contributed by atoms with Crippen LogP contribution in [0.2, 0.25) is 0 Å². The van der Waals surface area contributed by atoms with Gasteiger partial charge < -0.3 is 10.1 Å². The average Bonchev–Trinajstić information content (AvgIpc) is 2.68. The van der Waals surface area contributed by atoms with Crippen molar-refractivity contribution in [2.45, 2.75) is 13.1 Å². The number of hydrogen-bond donors (Lipinski definition) is 1. The molecule has 0 unspecified atom stereocenters. The van der Waals surface area contributed by atoms with Crippen molar-refractivity contribution in [1.82, 2.24) is 10.2 Å². The smallest absolute Gasteiger partial charge is 0.0594 e. The van der Waals surface area contributed by atoms with Crippen LogP contribution in [0, 0.1) is 0 Å². The average molecular weight is 226 g/mol. The number of hydrogen-bond acceptors (Lipinski definition) is 4. The fourth-order valence-electron chi connectivity index (χ4n) is 1.76. The lowest BCUT2D eigenvalue weighted by atomic mass is 10.3. The molecule has 0 amide bonds. The summed E-state index contributed by atoms with van der Waals surface area (Å²) in [5, 5.41) is 3.18. The number of morpholine rings is 1. The molecular formula is C11H18N2OS. The molecule has 3 nitrogen and oxygen atoms in total. The van der Waals surface area contributed by atoms with Crippen LogP contribution in [-0.2, 0) is 17.8 Å². The van der Waals surface area contributed by atoms with Gasteiger partial charge in [-0.3, -0.25) is 4.90 Å². The summed E-state index contributed by atoms with van der Waals surface area (Å²) in [7, 11) is 1.99. The minimum absolute atomic E-state index is 0.884. The Morgan fingerprint density at radius 1 is 1.33 bits per heavy atom. The maximum atomic E-state index is 5.33. The molecule has 1 saturated heterocycles. The molecule has 0 aliphatic carbocycles. The van der Waals surface area contributed by atoms with Crippen molar-refractivity contribution in [1.29, 1.82) is 0 Å². The quantitative estimate of drug-likeness (QED) is 0.837. The molecule has 0 aromatic carbocycles. The minimum atomic E-state index is 0.884. The van der Waals surface area contributed by atoms with E-state index in [0.717, 1.165) is 39.4 Å². The molecule has 0 radical (unpaired) electrons. The van der Waals surface area contributed by atoms with Crippen LogP contribution in [0.1, 0.15) is 9.75 Å². The Kier molecular flexibility index (Phi) is 4.14. The largest absolute Gasteiger partial charge is 0.379 e. The summed E-state index contributed by atoms with van der Waals surface area (Å²) in [6, 6.07) is 4.46. The van der Waals surface area contributed by atoms with Gasteiger partial charge in [-0.15, -0.1) is 11.3 Å². The molecule has 0 atom stereocenters. The summed E-state index contributed by atoms with van der Waals surface area (Å²) < 4.78 is 5.33. The van der Waals surface area contributed by atoms with Crippen molar-refractivity contribution in [3.8, 4) is 0 Å². The second-order valence-electron chi connectivity index (χ2n) is 3.79. The molecule has 2 heterocycles. The molecule has 1 aliphatic rings. The predicted octanol–water partition coefficient (Wildman–Crippen LogP) is 1.30. The third-order valence-electron chi connectivity index (χ3n) is 2.55. The van der Waals surface area contributed by atoms with Crippen molar-refractivity contribution in [2.75, 3.05) is 33.4 Å². The molecule has 84 valence electrons. The molecule has 1 aromatic rings. The van der Waals surface area contributed by atoms with E-state index >= 15 is 0 Å². The lowest BCUT2D eigenvalue weighted by Crippen LogP contribution is -2.35. The summed E-state index contributed by atoms with van der Waals surface area (Å²) in [6.45, 7) is 5.97. The van der Waals surface area contributed by atoms with Gasteiger partial charge in [0.1, 0.15) is 0 Å². The van der Waals surface area contributed by atoms with Crippen molar-refractivity contribution < 1.29 is 4.74 Å². The number of nitrogens with one attached hydrogen (secondary N) is 1. The topological polar surface area (TPSA) is 24.5 Å². The first-order chi connectivity index (χ1) is 7.38. The number of nitrogens with zero attached hydrogens (tertiary/aromatic N) is 1. The van der Waals surface area contributed by atoms with Crippen LogP contribution < -0.4 is 5.32 Å². The highest BCUT2D eigenvalue weighted by molar-refractivity contribution is 7.11. The second-order valence-corrected chi connectivity index (χ2v) is 5.04. The summed E-state index contributed by atoms with van der Waals surface area (Å²) in [5.41, 5.74) is 0. The zero-order valence-corrected chi connectivity index (χ0v) is 9.98. The molecule has 4 heteroatoms. The fraction of sp³-hybridized carbons (Fsp3) is 0.636. The minimum Gasteiger partial charge on any atom is -0.379 e. The van der Waals surface area contributed by atoms with Gasteiger partial charge in [0.2, 0.25) is 0 Å². The van der Waals surface area contributed by atoms with Crippen LogP contribution in [0.5, 0.6) is 0 Å². The predicted molar refractivity (Wildman–Crippen MR) is 63.2 cm³/mol. The Bertz CT molecular complexity index is 295. The van der Waals surface area contributed by atoms with Crippen LogP contribution in [0.15, 0.2) is 12.1 Å². The molecule has 1 aliphatic heterocycles.